The molecule has 4 heterocycles. The lowest BCUT2D eigenvalue weighted by Gasteiger charge is -2.19. The first-order valence-corrected chi connectivity index (χ1v) is 14.7. The predicted molar refractivity (Wildman–Crippen MR) is 166 cm³/mol. The number of rotatable bonds is 7. The Morgan fingerprint density at radius 3 is 2.50 bits per heavy atom. The number of fused-ring (bicyclic) bond motifs is 2. The van der Waals surface area contributed by atoms with E-state index in [9.17, 15) is 0 Å². The molecule has 0 saturated heterocycles. The van der Waals surface area contributed by atoms with Crippen LogP contribution in [-0.4, -0.2) is 59.8 Å². The van der Waals surface area contributed by atoms with Crippen molar-refractivity contribution < 1.29 is 0 Å². The molecule has 0 aliphatic carbocycles. The molecule has 0 radical (unpaired) electrons. The third-order valence-electron chi connectivity index (χ3n) is 7.70. The van der Waals surface area contributed by atoms with Gasteiger partial charge in [0.1, 0.15) is 0 Å². The van der Waals surface area contributed by atoms with Crippen molar-refractivity contribution in [3.05, 3.63) is 77.1 Å². The average molecular weight is 574 g/mol. The van der Waals surface area contributed by atoms with Crippen molar-refractivity contribution in [2.45, 2.75) is 38.3 Å². The topological polar surface area (TPSA) is 64.7 Å². The summed E-state index contributed by atoms with van der Waals surface area (Å²) in [5.41, 5.74) is 9.57. The third kappa shape index (κ3) is 5.80. The molecule has 3 aromatic heterocycles. The summed E-state index contributed by atoms with van der Waals surface area (Å²) < 4.78 is 4.10. The van der Waals surface area contributed by atoms with Crippen LogP contribution in [0.4, 0.5) is 0 Å². The molecule has 9 heteroatoms. The van der Waals surface area contributed by atoms with Crippen LogP contribution in [0.25, 0.3) is 33.5 Å². The average Bonchev–Trinajstić information content (AvgIpc) is 3.39. The van der Waals surface area contributed by atoms with Gasteiger partial charge in [0.05, 0.1) is 16.9 Å². The standard InChI is InChI=1S/C31H35N7S.ClH/c1-21-9-12-26-27(7-5-8-28(26)32-21)30-33-34-31(36(30)3)39-18-6-15-38-16-13-23-10-11-25(20-24(23)14-17-38)29-19-22(2)35-37(29)4;/h5,7-12,19-20H,6,13-18H2,1-4H3;1H. The summed E-state index contributed by atoms with van der Waals surface area (Å²) in [6, 6.07) is 19.5. The highest BCUT2D eigenvalue weighted by atomic mass is 35.5. The van der Waals surface area contributed by atoms with Gasteiger partial charge in [-0.05, 0) is 75.0 Å². The van der Waals surface area contributed by atoms with E-state index in [1.807, 2.05) is 24.7 Å². The van der Waals surface area contributed by atoms with Crippen molar-refractivity contribution in [2.24, 2.45) is 14.1 Å². The maximum absolute atomic E-state index is 4.67. The van der Waals surface area contributed by atoms with Crippen LogP contribution < -0.4 is 0 Å². The second-order valence-corrected chi connectivity index (χ2v) is 11.6. The van der Waals surface area contributed by atoms with Gasteiger partial charge < -0.3 is 9.47 Å². The van der Waals surface area contributed by atoms with Crippen molar-refractivity contribution in [2.75, 3.05) is 25.4 Å². The molecule has 2 aromatic carbocycles. The predicted octanol–water partition coefficient (Wildman–Crippen LogP) is 6.05. The molecule has 1 aliphatic rings. The van der Waals surface area contributed by atoms with E-state index in [-0.39, 0.29) is 12.4 Å². The number of nitrogens with zero attached hydrogens (tertiary/aromatic N) is 7. The first-order chi connectivity index (χ1) is 19.0. The molecule has 0 amide bonds. The van der Waals surface area contributed by atoms with E-state index < -0.39 is 0 Å². The minimum Gasteiger partial charge on any atom is -0.305 e. The van der Waals surface area contributed by atoms with Crippen LogP contribution >= 0.6 is 24.2 Å². The van der Waals surface area contributed by atoms with E-state index in [2.05, 4.69) is 92.2 Å². The van der Waals surface area contributed by atoms with Crippen LogP contribution in [0, 0.1) is 13.8 Å². The number of pyridine rings is 1. The Kier molecular flexibility index (Phi) is 8.59. The fourth-order valence-electron chi connectivity index (χ4n) is 5.61. The molecule has 6 rings (SSSR count). The molecule has 40 heavy (non-hydrogen) atoms. The Hall–Kier alpha value is -3.20. The minimum absolute atomic E-state index is 0. The Morgan fingerprint density at radius 1 is 0.875 bits per heavy atom. The first-order valence-electron chi connectivity index (χ1n) is 13.7. The maximum Gasteiger partial charge on any atom is 0.191 e. The fourth-order valence-corrected chi connectivity index (χ4v) is 6.45. The number of aryl methyl sites for hydroxylation is 3. The van der Waals surface area contributed by atoms with Crippen LogP contribution in [0.3, 0.4) is 0 Å². The second-order valence-electron chi connectivity index (χ2n) is 10.5. The lowest BCUT2D eigenvalue weighted by molar-refractivity contribution is 0.289. The first kappa shape index (κ1) is 28.3. The molecular weight excluding hydrogens is 538 g/mol. The van der Waals surface area contributed by atoms with Crippen LogP contribution in [-0.2, 0) is 26.9 Å². The highest BCUT2D eigenvalue weighted by molar-refractivity contribution is 7.99. The van der Waals surface area contributed by atoms with Gasteiger partial charge in [-0.1, -0.05) is 42.1 Å². The molecule has 0 unspecified atom stereocenters. The van der Waals surface area contributed by atoms with E-state index in [0.29, 0.717) is 0 Å². The zero-order chi connectivity index (χ0) is 26.9. The summed E-state index contributed by atoms with van der Waals surface area (Å²) in [4.78, 5) is 7.29. The zero-order valence-corrected chi connectivity index (χ0v) is 25.2. The van der Waals surface area contributed by atoms with Gasteiger partial charge in [0.25, 0.3) is 0 Å². The quantitative estimate of drug-likeness (QED) is 0.174. The van der Waals surface area contributed by atoms with E-state index in [1.165, 1.54) is 22.4 Å². The number of halogens is 1. The molecule has 208 valence electrons. The molecule has 0 fully saturated rings. The fraction of sp³-hybridized carbons (Fsp3) is 0.355. The van der Waals surface area contributed by atoms with E-state index in [1.54, 1.807) is 11.8 Å². The van der Waals surface area contributed by atoms with Gasteiger partial charge in [-0.2, -0.15) is 5.10 Å². The monoisotopic (exact) mass is 573 g/mol. The SMILES string of the molecule is Cc1ccc2c(-c3nnc(SCCCN4CCc5ccc(-c6cc(C)nn6C)cc5CC4)n3C)cccc2n1.Cl. The molecule has 0 saturated carbocycles. The zero-order valence-electron chi connectivity index (χ0n) is 23.6. The minimum atomic E-state index is 0. The van der Waals surface area contributed by atoms with Crippen molar-refractivity contribution in [3.8, 4) is 22.6 Å². The van der Waals surface area contributed by atoms with Crippen molar-refractivity contribution in [1.29, 1.82) is 0 Å². The van der Waals surface area contributed by atoms with Gasteiger partial charge in [0.2, 0.25) is 0 Å². The van der Waals surface area contributed by atoms with Crippen molar-refractivity contribution >= 4 is 35.1 Å². The maximum atomic E-state index is 4.67. The largest absolute Gasteiger partial charge is 0.305 e. The van der Waals surface area contributed by atoms with Crippen LogP contribution in [0.2, 0.25) is 0 Å². The van der Waals surface area contributed by atoms with Gasteiger partial charge in [-0.25, -0.2) is 0 Å². The Labute approximate surface area is 246 Å². The normalized spacial score (nSPS) is 13.7. The molecule has 0 N–H and O–H groups in total. The number of aromatic nitrogens is 6. The molecule has 5 aromatic rings. The van der Waals surface area contributed by atoms with Gasteiger partial charge in [-0.3, -0.25) is 9.67 Å². The molecule has 1 aliphatic heterocycles. The smallest absolute Gasteiger partial charge is 0.191 e. The molecule has 0 atom stereocenters. The number of thioether (sulfide) groups is 1. The molecule has 7 nitrogen and oxygen atoms in total. The van der Waals surface area contributed by atoms with Crippen molar-refractivity contribution in [1.82, 2.24) is 34.4 Å². The number of hydrogen-bond donors (Lipinski definition) is 0. The summed E-state index contributed by atoms with van der Waals surface area (Å²) in [7, 11) is 4.09. The van der Waals surface area contributed by atoms with Gasteiger partial charge >= 0.3 is 0 Å². The lowest BCUT2D eigenvalue weighted by Crippen LogP contribution is -2.27. The summed E-state index contributed by atoms with van der Waals surface area (Å²) >= 11 is 1.79. The summed E-state index contributed by atoms with van der Waals surface area (Å²) in [6.45, 7) is 7.40. The highest BCUT2D eigenvalue weighted by Gasteiger charge is 2.17. The summed E-state index contributed by atoms with van der Waals surface area (Å²) in [6.07, 6.45) is 3.33. The van der Waals surface area contributed by atoms with Gasteiger partial charge in [0, 0.05) is 55.1 Å². The van der Waals surface area contributed by atoms with E-state index in [0.717, 1.165) is 83.5 Å². The summed E-state index contributed by atoms with van der Waals surface area (Å²) in [5, 5.41) is 15.7. The number of benzene rings is 2. The Morgan fingerprint density at radius 2 is 1.70 bits per heavy atom. The second kappa shape index (κ2) is 12.1. The molecular formula is C31H36ClN7S. The van der Waals surface area contributed by atoms with Gasteiger partial charge in [0.15, 0.2) is 11.0 Å². The number of hydrogen-bond acceptors (Lipinski definition) is 6. The highest BCUT2D eigenvalue weighted by Crippen LogP contribution is 2.29. The van der Waals surface area contributed by atoms with Crippen LogP contribution in [0.15, 0.2) is 59.8 Å². The van der Waals surface area contributed by atoms with Gasteiger partial charge in [-0.15, -0.1) is 22.6 Å². The Balaban J connectivity index is 0.00000323. The molecule has 0 spiro atoms. The molecule has 0 bridgehead atoms. The van der Waals surface area contributed by atoms with Crippen LogP contribution in [0.1, 0.15) is 28.9 Å². The lowest BCUT2D eigenvalue weighted by atomic mass is 9.99. The van der Waals surface area contributed by atoms with Crippen LogP contribution in [0.5, 0.6) is 0 Å². The summed E-state index contributed by atoms with van der Waals surface area (Å²) in [5.74, 6) is 1.91. The van der Waals surface area contributed by atoms with Crippen molar-refractivity contribution in [3.63, 3.8) is 0 Å². The third-order valence-corrected chi connectivity index (χ3v) is 8.80. The van der Waals surface area contributed by atoms with E-state index in [4.69, 9.17) is 0 Å². The Bertz CT molecular complexity index is 1640. The van der Waals surface area contributed by atoms with E-state index >= 15 is 0 Å².